The van der Waals surface area contributed by atoms with Crippen molar-refractivity contribution >= 4 is 15.9 Å². The van der Waals surface area contributed by atoms with E-state index in [2.05, 4.69) is 0 Å². The standard InChI is InChI=1S/C7H10N2O4S/c1-9(2)14(11,12)6-4-3-5(13-6)7(8)10/h3-4H,1-2H3,(H2,8,10). The molecule has 1 amide bonds. The Morgan fingerprint density at radius 2 is 2.00 bits per heavy atom. The van der Waals surface area contributed by atoms with E-state index in [0.717, 1.165) is 4.31 Å². The lowest BCUT2D eigenvalue weighted by Gasteiger charge is -2.07. The number of hydrogen-bond acceptors (Lipinski definition) is 4. The Morgan fingerprint density at radius 1 is 1.43 bits per heavy atom. The van der Waals surface area contributed by atoms with E-state index >= 15 is 0 Å². The van der Waals surface area contributed by atoms with Crippen molar-refractivity contribution in [3.63, 3.8) is 0 Å². The number of sulfonamides is 1. The maximum Gasteiger partial charge on any atom is 0.284 e. The van der Waals surface area contributed by atoms with Crippen LogP contribution in [-0.2, 0) is 10.0 Å². The Balaban J connectivity index is 3.16. The fraction of sp³-hybridized carbons (Fsp3) is 0.286. The Labute approximate surface area is 81.3 Å². The number of nitrogens with zero attached hydrogens (tertiary/aromatic N) is 1. The highest BCUT2D eigenvalue weighted by molar-refractivity contribution is 7.88. The van der Waals surface area contributed by atoms with E-state index in [9.17, 15) is 13.2 Å². The van der Waals surface area contributed by atoms with Crippen molar-refractivity contribution in [3.8, 4) is 0 Å². The van der Waals surface area contributed by atoms with Crippen LogP contribution in [0.4, 0.5) is 0 Å². The summed E-state index contributed by atoms with van der Waals surface area (Å²) in [7, 11) is -0.905. The molecule has 0 aliphatic rings. The molecule has 0 spiro atoms. The third-order valence-electron chi connectivity index (χ3n) is 1.56. The molecule has 14 heavy (non-hydrogen) atoms. The average molecular weight is 218 g/mol. The molecule has 0 aliphatic heterocycles. The molecular weight excluding hydrogens is 208 g/mol. The van der Waals surface area contributed by atoms with Gasteiger partial charge in [-0.25, -0.2) is 12.7 Å². The van der Waals surface area contributed by atoms with Crippen molar-refractivity contribution in [2.24, 2.45) is 5.73 Å². The number of carbonyl (C=O) groups is 1. The first kappa shape index (κ1) is 10.7. The smallest absolute Gasteiger partial charge is 0.284 e. The van der Waals surface area contributed by atoms with Crippen LogP contribution in [0.3, 0.4) is 0 Å². The van der Waals surface area contributed by atoms with Gasteiger partial charge in [-0.15, -0.1) is 0 Å². The van der Waals surface area contributed by atoms with E-state index in [1.807, 2.05) is 0 Å². The molecular formula is C7H10N2O4S. The van der Waals surface area contributed by atoms with Crippen LogP contribution in [0.15, 0.2) is 21.6 Å². The van der Waals surface area contributed by atoms with Gasteiger partial charge in [-0.2, -0.15) is 0 Å². The number of carbonyl (C=O) groups excluding carboxylic acids is 1. The second kappa shape index (κ2) is 3.43. The Hall–Kier alpha value is -1.34. The van der Waals surface area contributed by atoms with E-state index in [4.69, 9.17) is 10.2 Å². The summed E-state index contributed by atoms with van der Waals surface area (Å²) in [6.45, 7) is 0. The Bertz CT molecular complexity index is 446. The number of hydrogen-bond donors (Lipinski definition) is 1. The molecule has 1 heterocycles. The molecule has 0 bridgehead atoms. The van der Waals surface area contributed by atoms with Crippen LogP contribution >= 0.6 is 0 Å². The second-order valence-electron chi connectivity index (χ2n) is 2.77. The first-order valence-corrected chi connectivity index (χ1v) is 5.12. The lowest BCUT2D eigenvalue weighted by molar-refractivity contribution is 0.0968. The van der Waals surface area contributed by atoms with Gasteiger partial charge in [-0.05, 0) is 12.1 Å². The number of rotatable bonds is 3. The average Bonchev–Trinajstić information content (AvgIpc) is 2.51. The van der Waals surface area contributed by atoms with E-state index < -0.39 is 15.9 Å². The van der Waals surface area contributed by atoms with Crippen LogP contribution in [0.1, 0.15) is 10.6 Å². The van der Waals surface area contributed by atoms with Crippen LogP contribution < -0.4 is 5.73 Å². The zero-order chi connectivity index (χ0) is 10.9. The first-order valence-electron chi connectivity index (χ1n) is 3.68. The fourth-order valence-corrected chi connectivity index (χ4v) is 1.57. The number of amides is 1. The second-order valence-corrected chi connectivity index (χ2v) is 4.85. The first-order chi connectivity index (χ1) is 6.35. The van der Waals surface area contributed by atoms with E-state index in [-0.39, 0.29) is 10.9 Å². The highest BCUT2D eigenvalue weighted by atomic mass is 32.2. The Morgan fingerprint density at radius 3 is 2.36 bits per heavy atom. The molecule has 0 aromatic carbocycles. The summed E-state index contributed by atoms with van der Waals surface area (Å²) < 4.78 is 28.6. The summed E-state index contributed by atoms with van der Waals surface area (Å²) in [4.78, 5) is 10.6. The van der Waals surface area contributed by atoms with Gasteiger partial charge in [0.2, 0.25) is 5.09 Å². The quantitative estimate of drug-likeness (QED) is 0.748. The third kappa shape index (κ3) is 1.78. The molecule has 0 fully saturated rings. The summed E-state index contributed by atoms with van der Waals surface area (Å²) >= 11 is 0. The minimum atomic E-state index is -3.63. The molecule has 0 atom stereocenters. The molecule has 78 valence electrons. The van der Waals surface area contributed by atoms with Gasteiger partial charge >= 0.3 is 0 Å². The van der Waals surface area contributed by atoms with Crippen LogP contribution in [0.5, 0.6) is 0 Å². The van der Waals surface area contributed by atoms with Crippen LogP contribution in [-0.4, -0.2) is 32.7 Å². The van der Waals surface area contributed by atoms with Gasteiger partial charge in [0.25, 0.3) is 15.9 Å². The maximum atomic E-state index is 11.4. The summed E-state index contributed by atoms with van der Waals surface area (Å²) in [6.07, 6.45) is 0. The molecule has 0 radical (unpaired) electrons. The number of primary amides is 1. The molecule has 7 heteroatoms. The van der Waals surface area contributed by atoms with Gasteiger partial charge in [-0.3, -0.25) is 4.79 Å². The van der Waals surface area contributed by atoms with Gasteiger partial charge in [0, 0.05) is 14.1 Å². The highest BCUT2D eigenvalue weighted by Crippen LogP contribution is 2.16. The maximum absolute atomic E-state index is 11.4. The lowest BCUT2D eigenvalue weighted by Crippen LogP contribution is -2.21. The summed E-state index contributed by atoms with van der Waals surface area (Å²) in [5.74, 6) is -0.976. The molecule has 1 aromatic heterocycles. The zero-order valence-electron chi connectivity index (χ0n) is 7.72. The number of nitrogens with two attached hydrogens (primary N) is 1. The van der Waals surface area contributed by atoms with Gasteiger partial charge < -0.3 is 10.2 Å². The van der Waals surface area contributed by atoms with Crippen molar-refractivity contribution in [2.45, 2.75) is 5.09 Å². The predicted molar refractivity (Wildman–Crippen MR) is 48.1 cm³/mol. The van der Waals surface area contributed by atoms with E-state index in [1.54, 1.807) is 0 Å². The zero-order valence-corrected chi connectivity index (χ0v) is 8.54. The molecule has 1 rings (SSSR count). The van der Waals surface area contributed by atoms with Gasteiger partial charge in [0.05, 0.1) is 0 Å². The third-order valence-corrected chi connectivity index (χ3v) is 3.25. The predicted octanol–water partition coefficient (Wildman–Crippen LogP) is -0.371. The molecule has 0 unspecified atom stereocenters. The molecule has 0 saturated carbocycles. The van der Waals surface area contributed by atoms with Crippen molar-refractivity contribution < 1.29 is 17.6 Å². The van der Waals surface area contributed by atoms with Crippen molar-refractivity contribution in [3.05, 3.63) is 17.9 Å². The topological polar surface area (TPSA) is 93.6 Å². The number of furan rings is 1. The Kier molecular flexibility index (Phi) is 2.63. The largest absolute Gasteiger partial charge is 0.438 e. The molecule has 2 N–H and O–H groups in total. The van der Waals surface area contributed by atoms with Crippen LogP contribution in [0, 0.1) is 0 Å². The normalized spacial score (nSPS) is 11.9. The van der Waals surface area contributed by atoms with Gasteiger partial charge in [0.15, 0.2) is 5.76 Å². The minimum absolute atomic E-state index is 0.176. The summed E-state index contributed by atoms with van der Waals surface area (Å²) in [6, 6.07) is 2.41. The highest BCUT2D eigenvalue weighted by Gasteiger charge is 2.22. The molecule has 0 aliphatic carbocycles. The SMILES string of the molecule is CN(C)S(=O)(=O)c1ccc(C(N)=O)o1. The molecule has 1 aromatic rings. The van der Waals surface area contributed by atoms with Crippen molar-refractivity contribution in [2.75, 3.05) is 14.1 Å². The summed E-state index contributed by atoms with van der Waals surface area (Å²) in [5, 5.41) is -0.295. The van der Waals surface area contributed by atoms with Crippen LogP contribution in [0.2, 0.25) is 0 Å². The monoisotopic (exact) mass is 218 g/mol. The fourth-order valence-electron chi connectivity index (χ4n) is 0.771. The molecule has 0 saturated heterocycles. The lowest BCUT2D eigenvalue weighted by atomic mass is 10.4. The van der Waals surface area contributed by atoms with Crippen molar-refractivity contribution in [1.29, 1.82) is 0 Å². The van der Waals surface area contributed by atoms with Gasteiger partial charge in [-0.1, -0.05) is 0 Å². The molecule has 6 nitrogen and oxygen atoms in total. The minimum Gasteiger partial charge on any atom is -0.438 e. The van der Waals surface area contributed by atoms with Gasteiger partial charge in [0.1, 0.15) is 0 Å². The summed E-state index contributed by atoms with van der Waals surface area (Å²) in [5.41, 5.74) is 4.91. The van der Waals surface area contributed by atoms with Crippen LogP contribution in [0.25, 0.3) is 0 Å². The van der Waals surface area contributed by atoms with E-state index in [0.29, 0.717) is 0 Å². The van der Waals surface area contributed by atoms with Crippen molar-refractivity contribution in [1.82, 2.24) is 4.31 Å². The van der Waals surface area contributed by atoms with E-state index in [1.165, 1.54) is 26.2 Å².